The van der Waals surface area contributed by atoms with Crippen molar-refractivity contribution in [3.63, 3.8) is 0 Å². The number of aliphatic hydroxyl groups is 1. The van der Waals surface area contributed by atoms with Crippen LogP contribution in [0.5, 0.6) is 5.75 Å². The molecule has 0 atom stereocenters. The quantitative estimate of drug-likeness (QED) is 0.300. The van der Waals surface area contributed by atoms with E-state index in [1.165, 1.54) is 18.4 Å². The summed E-state index contributed by atoms with van der Waals surface area (Å²) in [5, 5.41) is 10.2. The van der Waals surface area contributed by atoms with Crippen molar-refractivity contribution in [3.05, 3.63) is 88.5 Å². The van der Waals surface area contributed by atoms with Crippen LogP contribution >= 0.6 is 11.3 Å². The molecule has 1 aromatic heterocycles. The van der Waals surface area contributed by atoms with Crippen LogP contribution in [0.2, 0.25) is 0 Å². The molecule has 0 aliphatic carbocycles. The first kappa shape index (κ1) is 23.7. The molecular formula is C30H31NO3S. The van der Waals surface area contributed by atoms with Gasteiger partial charge in [0.2, 0.25) is 0 Å². The molecule has 1 fully saturated rings. The van der Waals surface area contributed by atoms with Crippen LogP contribution in [0.4, 0.5) is 0 Å². The molecule has 4 aromatic rings. The number of carbonyl (C=O) groups excluding carboxylic acids is 1. The molecule has 35 heavy (non-hydrogen) atoms. The molecule has 0 amide bonds. The monoisotopic (exact) mass is 485 g/mol. The average Bonchev–Trinajstić information content (AvgIpc) is 3.52. The molecule has 0 spiro atoms. The highest BCUT2D eigenvalue weighted by Crippen LogP contribution is 2.41. The van der Waals surface area contributed by atoms with Crippen LogP contribution in [0.3, 0.4) is 0 Å². The Kier molecular flexibility index (Phi) is 7.00. The van der Waals surface area contributed by atoms with E-state index >= 15 is 0 Å². The Morgan fingerprint density at radius 3 is 2.51 bits per heavy atom. The molecule has 1 N–H and O–H groups in total. The summed E-state index contributed by atoms with van der Waals surface area (Å²) in [5.74, 6) is 0.786. The van der Waals surface area contributed by atoms with Crippen molar-refractivity contribution in [1.82, 2.24) is 4.90 Å². The second-order valence-corrected chi connectivity index (χ2v) is 10.4. The van der Waals surface area contributed by atoms with E-state index in [4.69, 9.17) is 4.74 Å². The Morgan fingerprint density at radius 2 is 1.80 bits per heavy atom. The normalized spacial score (nSPS) is 14.0. The number of thiophene rings is 1. The topological polar surface area (TPSA) is 49.8 Å². The molecule has 180 valence electrons. The lowest BCUT2D eigenvalue weighted by atomic mass is 9.95. The van der Waals surface area contributed by atoms with E-state index in [2.05, 4.69) is 42.2 Å². The smallest absolute Gasteiger partial charge is 0.195 e. The van der Waals surface area contributed by atoms with Gasteiger partial charge < -0.3 is 9.84 Å². The first-order valence-electron chi connectivity index (χ1n) is 12.2. The zero-order chi connectivity index (χ0) is 24.4. The van der Waals surface area contributed by atoms with E-state index in [0.29, 0.717) is 12.0 Å². The van der Waals surface area contributed by atoms with Gasteiger partial charge in [-0.15, -0.1) is 11.3 Å². The molecule has 0 saturated carbocycles. The molecule has 1 saturated heterocycles. The molecule has 3 aromatic carbocycles. The second-order valence-electron chi connectivity index (χ2n) is 9.32. The van der Waals surface area contributed by atoms with Crippen LogP contribution in [0.1, 0.15) is 45.5 Å². The van der Waals surface area contributed by atoms with E-state index < -0.39 is 0 Å². The highest BCUT2D eigenvalue weighted by molar-refractivity contribution is 7.22. The van der Waals surface area contributed by atoms with Crippen molar-refractivity contribution in [2.75, 3.05) is 26.8 Å². The molecule has 0 bridgehead atoms. The Hall–Kier alpha value is -2.99. The first-order chi connectivity index (χ1) is 17.1. The number of aliphatic hydroxyl groups excluding tert-OH is 1. The highest BCUT2D eigenvalue weighted by Gasteiger charge is 2.23. The fourth-order valence-corrected chi connectivity index (χ4v) is 6.23. The Balaban J connectivity index is 1.56. The van der Waals surface area contributed by atoms with Crippen molar-refractivity contribution in [2.24, 2.45) is 0 Å². The van der Waals surface area contributed by atoms with Crippen molar-refractivity contribution in [2.45, 2.75) is 32.7 Å². The Bertz CT molecular complexity index is 1350. The van der Waals surface area contributed by atoms with Crippen LogP contribution in [0, 0.1) is 6.92 Å². The predicted octanol–water partition coefficient (Wildman–Crippen LogP) is 6.25. The molecule has 1 aliphatic rings. The summed E-state index contributed by atoms with van der Waals surface area (Å²) >= 11 is 1.66. The molecule has 0 radical (unpaired) electrons. The van der Waals surface area contributed by atoms with Gasteiger partial charge in [0.25, 0.3) is 0 Å². The summed E-state index contributed by atoms with van der Waals surface area (Å²) in [7, 11) is 1.68. The third-order valence-electron chi connectivity index (χ3n) is 6.83. The Morgan fingerprint density at radius 1 is 1.03 bits per heavy atom. The zero-order valence-electron chi connectivity index (χ0n) is 20.3. The molecule has 0 unspecified atom stereocenters. The number of ether oxygens (including phenoxy) is 1. The number of carbonyl (C=O) groups is 1. The molecule has 2 heterocycles. The van der Waals surface area contributed by atoms with Crippen LogP contribution < -0.4 is 4.74 Å². The summed E-state index contributed by atoms with van der Waals surface area (Å²) in [5.41, 5.74) is 5.79. The fraction of sp³-hybridized carbons (Fsp3) is 0.300. The minimum Gasteiger partial charge on any atom is -0.496 e. The SMILES string of the molecule is COc1cc(C(=O)c2c(-c3ccc(CCO)cc3)sc3cc(C)ccc23)ccc1CN1CCCC1. The lowest BCUT2D eigenvalue weighted by Gasteiger charge is -2.17. The van der Waals surface area contributed by atoms with Gasteiger partial charge in [0, 0.05) is 44.8 Å². The van der Waals surface area contributed by atoms with Gasteiger partial charge in [-0.05, 0) is 68.1 Å². The number of methoxy groups -OCH3 is 1. The first-order valence-corrected chi connectivity index (χ1v) is 13.1. The summed E-state index contributed by atoms with van der Waals surface area (Å²) in [4.78, 5) is 17.4. The lowest BCUT2D eigenvalue weighted by molar-refractivity contribution is 0.104. The van der Waals surface area contributed by atoms with Crippen LogP contribution in [0.25, 0.3) is 20.5 Å². The molecular weight excluding hydrogens is 454 g/mol. The van der Waals surface area contributed by atoms with Crippen LogP contribution in [-0.4, -0.2) is 42.6 Å². The number of hydrogen-bond donors (Lipinski definition) is 1. The van der Waals surface area contributed by atoms with Crippen molar-refractivity contribution in [1.29, 1.82) is 0 Å². The van der Waals surface area contributed by atoms with E-state index in [0.717, 1.165) is 62.6 Å². The maximum atomic E-state index is 14.0. The van der Waals surface area contributed by atoms with Gasteiger partial charge in [0.1, 0.15) is 5.75 Å². The molecule has 5 heteroatoms. The van der Waals surface area contributed by atoms with E-state index in [1.807, 2.05) is 30.3 Å². The van der Waals surface area contributed by atoms with Gasteiger partial charge >= 0.3 is 0 Å². The predicted molar refractivity (Wildman–Crippen MR) is 144 cm³/mol. The van der Waals surface area contributed by atoms with Crippen molar-refractivity contribution in [3.8, 4) is 16.2 Å². The number of rotatable bonds is 8. The van der Waals surface area contributed by atoms with E-state index in [9.17, 15) is 9.90 Å². The Labute approximate surface area is 210 Å². The number of benzene rings is 3. The molecule has 5 rings (SSSR count). The largest absolute Gasteiger partial charge is 0.496 e. The van der Waals surface area contributed by atoms with Crippen LogP contribution in [0.15, 0.2) is 60.7 Å². The van der Waals surface area contributed by atoms with Crippen molar-refractivity contribution >= 4 is 27.2 Å². The standard InChI is InChI=1S/C30H31NO3S/c1-20-5-12-25-27(17-20)35-30(22-8-6-21(7-9-22)13-16-32)28(25)29(33)23-10-11-24(26(18-23)34-2)19-31-14-3-4-15-31/h5-12,17-18,32H,3-4,13-16,19H2,1-2H3. The number of ketones is 1. The summed E-state index contributed by atoms with van der Waals surface area (Å²) < 4.78 is 6.83. The summed E-state index contributed by atoms with van der Waals surface area (Å²) in [6.07, 6.45) is 3.11. The average molecular weight is 486 g/mol. The third kappa shape index (κ3) is 4.90. The van der Waals surface area contributed by atoms with Gasteiger partial charge in [0.05, 0.1) is 7.11 Å². The van der Waals surface area contributed by atoms with Gasteiger partial charge in [-0.3, -0.25) is 9.69 Å². The number of aryl methyl sites for hydroxylation is 1. The molecule has 4 nitrogen and oxygen atoms in total. The zero-order valence-corrected chi connectivity index (χ0v) is 21.2. The fourth-order valence-electron chi connectivity index (χ4n) is 4.93. The van der Waals surface area contributed by atoms with E-state index in [-0.39, 0.29) is 12.4 Å². The van der Waals surface area contributed by atoms with E-state index in [1.54, 1.807) is 18.4 Å². The second kappa shape index (κ2) is 10.3. The number of hydrogen-bond acceptors (Lipinski definition) is 5. The highest BCUT2D eigenvalue weighted by atomic mass is 32.1. The van der Waals surface area contributed by atoms with Gasteiger partial charge in [0.15, 0.2) is 5.78 Å². The van der Waals surface area contributed by atoms with Gasteiger partial charge in [-0.1, -0.05) is 48.5 Å². The van der Waals surface area contributed by atoms with Crippen LogP contribution in [-0.2, 0) is 13.0 Å². The summed E-state index contributed by atoms with van der Waals surface area (Å²) in [6, 6.07) is 20.4. The van der Waals surface area contributed by atoms with Gasteiger partial charge in [-0.25, -0.2) is 0 Å². The number of fused-ring (bicyclic) bond motifs is 1. The minimum atomic E-state index is 0.0144. The molecule has 1 aliphatic heterocycles. The minimum absolute atomic E-state index is 0.0144. The van der Waals surface area contributed by atoms with Crippen molar-refractivity contribution < 1.29 is 14.6 Å². The number of likely N-dealkylation sites (tertiary alicyclic amines) is 1. The maximum absolute atomic E-state index is 14.0. The number of nitrogens with zero attached hydrogens (tertiary/aromatic N) is 1. The summed E-state index contributed by atoms with van der Waals surface area (Å²) in [6.45, 7) is 5.29. The third-order valence-corrected chi connectivity index (χ3v) is 8.03. The van der Waals surface area contributed by atoms with Gasteiger partial charge in [-0.2, -0.15) is 0 Å². The maximum Gasteiger partial charge on any atom is 0.195 e. The lowest BCUT2D eigenvalue weighted by Crippen LogP contribution is -2.19.